The molecule has 0 unspecified atom stereocenters. The molecule has 1 N–H and O–H groups in total. The Morgan fingerprint density at radius 3 is 3.00 bits per heavy atom. The molecule has 0 bridgehead atoms. The van der Waals surface area contributed by atoms with E-state index in [-0.39, 0.29) is 5.91 Å². The van der Waals surface area contributed by atoms with E-state index in [1.165, 1.54) is 20.5 Å². The van der Waals surface area contributed by atoms with E-state index < -0.39 is 0 Å². The lowest BCUT2D eigenvalue weighted by molar-refractivity contribution is 0.0952. The molecule has 2 aromatic heterocycles. The van der Waals surface area contributed by atoms with Crippen LogP contribution < -0.4 is 5.32 Å². The number of nitrogens with one attached hydrogen (secondary N) is 1. The highest BCUT2D eigenvalue weighted by atomic mass is 32.1. The minimum atomic E-state index is -0.0407. The molecule has 3 heterocycles. The molecule has 0 fully saturated rings. The van der Waals surface area contributed by atoms with Gasteiger partial charge in [0.25, 0.3) is 5.91 Å². The van der Waals surface area contributed by atoms with E-state index >= 15 is 0 Å². The molecular weight excluding hydrogens is 380 g/mol. The van der Waals surface area contributed by atoms with Crippen LogP contribution in [-0.2, 0) is 13.1 Å². The van der Waals surface area contributed by atoms with Gasteiger partial charge >= 0.3 is 0 Å². The van der Waals surface area contributed by atoms with Crippen LogP contribution in [0.1, 0.15) is 27.9 Å². The second kappa shape index (κ2) is 7.64. The van der Waals surface area contributed by atoms with Gasteiger partial charge in [-0.3, -0.25) is 9.79 Å². The van der Waals surface area contributed by atoms with Gasteiger partial charge in [0.2, 0.25) is 0 Å². The third-order valence-corrected chi connectivity index (χ3v) is 6.30. The summed E-state index contributed by atoms with van der Waals surface area (Å²) in [6.07, 6.45) is 8.22. The first-order valence-corrected chi connectivity index (χ1v) is 10.5. The zero-order valence-corrected chi connectivity index (χ0v) is 16.7. The number of hydrogen-bond donors (Lipinski definition) is 1. The van der Waals surface area contributed by atoms with Gasteiger partial charge in [-0.05, 0) is 52.8 Å². The minimum absolute atomic E-state index is 0.0407. The van der Waals surface area contributed by atoms with E-state index in [1.54, 1.807) is 23.9 Å². The lowest BCUT2D eigenvalue weighted by Gasteiger charge is -2.11. The van der Waals surface area contributed by atoms with Crippen molar-refractivity contribution in [3.8, 4) is 10.4 Å². The van der Waals surface area contributed by atoms with E-state index in [0.29, 0.717) is 18.7 Å². The van der Waals surface area contributed by atoms with Crippen LogP contribution in [0.5, 0.6) is 0 Å². The van der Waals surface area contributed by atoms with E-state index in [0.717, 1.165) is 24.1 Å². The lowest BCUT2D eigenvalue weighted by Crippen LogP contribution is -2.25. The number of thiophene rings is 1. The van der Waals surface area contributed by atoms with E-state index in [2.05, 4.69) is 45.6 Å². The number of nitrogens with zero attached hydrogens (tertiary/aromatic N) is 3. The average molecular weight is 401 g/mol. The first-order valence-electron chi connectivity index (χ1n) is 9.67. The number of carbonyl (C=O) groups is 1. The van der Waals surface area contributed by atoms with Gasteiger partial charge < -0.3 is 9.88 Å². The third kappa shape index (κ3) is 3.59. The first-order chi connectivity index (χ1) is 14.3. The predicted molar refractivity (Wildman–Crippen MR) is 118 cm³/mol. The van der Waals surface area contributed by atoms with Crippen LogP contribution in [0.25, 0.3) is 20.5 Å². The number of benzene rings is 2. The Morgan fingerprint density at radius 1 is 1.21 bits per heavy atom. The second-order valence-electron chi connectivity index (χ2n) is 7.12. The molecule has 0 saturated carbocycles. The summed E-state index contributed by atoms with van der Waals surface area (Å²) in [6.45, 7) is 2.14. The van der Waals surface area contributed by atoms with Gasteiger partial charge in [0.05, 0.1) is 12.9 Å². The summed E-state index contributed by atoms with van der Waals surface area (Å²) < 4.78 is 3.27. The highest BCUT2D eigenvalue weighted by Gasteiger charge is 2.19. The smallest absolute Gasteiger partial charge is 0.251 e. The van der Waals surface area contributed by atoms with Gasteiger partial charge in [0, 0.05) is 46.8 Å². The summed E-state index contributed by atoms with van der Waals surface area (Å²) in [5.74, 6) is -0.0407. The summed E-state index contributed by atoms with van der Waals surface area (Å²) in [4.78, 5) is 22.4. The maximum atomic E-state index is 12.8. The van der Waals surface area contributed by atoms with E-state index in [1.807, 2.05) is 29.1 Å². The molecule has 5 nitrogen and oxygen atoms in total. The number of carbonyl (C=O) groups excluding carboxylic acids is 1. The predicted octanol–water partition coefficient (Wildman–Crippen LogP) is 4.52. The van der Waals surface area contributed by atoms with Crippen molar-refractivity contribution >= 4 is 33.5 Å². The topological polar surface area (TPSA) is 59.3 Å². The van der Waals surface area contributed by atoms with Crippen LogP contribution >= 0.6 is 11.3 Å². The third-order valence-electron chi connectivity index (χ3n) is 5.16. The fourth-order valence-electron chi connectivity index (χ4n) is 3.67. The van der Waals surface area contributed by atoms with Crippen molar-refractivity contribution in [2.45, 2.75) is 19.5 Å². The van der Waals surface area contributed by atoms with Crippen molar-refractivity contribution in [3.63, 3.8) is 0 Å². The fourth-order valence-corrected chi connectivity index (χ4v) is 4.78. The molecule has 1 amide bonds. The molecule has 0 aliphatic carbocycles. The number of aliphatic imine (C=N–C) groups is 1. The quantitative estimate of drug-likeness (QED) is 0.484. The standard InChI is InChI=1S/C23H20N4OS/c28-23(26-6-3-8-27-9-7-24-15-27)17-10-18-13-25-14-20(18)19(11-17)22-12-16-4-1-2-5-21(16)29-22/h1-2,4-5,7,9-13,15H,3,6,8,14H2,(H,26,28). The molecule has 6 heteroatoms. The van der Waals surface area contributed by atoms with Gasteiger partial charge in [0.15, 0.2) is 0 Å². The zero-order valence-electron chi connectivity index (χ0n) is 15.8. The Bertz CT molecular complexity index is 1170. The Balaban J connectivity index is 1.38. The Labute approximate surface area is 172 Å². The largest absolute Gasteiger partial charge is 0.352 e. The lowest BCUT2D eigenvalue weighted by atomic mass is 9.97. The maximum Gasteiger partial charge on any atom is 0.251 e. The molecule has 4 aromatic rings. The molecule has 29 heavy (non-hydrogen) atoms. The number of fused-ring (bicyclic) bond motifs is 2. The van der Waals surface area contributed by atoms with Crippen molar-refractivity contribution in [1.29, 1.82) is 0 Å². The number of rotatable bonds is 6. The Hall–Kier alpha value is -3.25. The summed E-state index contributed by atoms with van der Waals surface area (Å²) in [7, 11) is 0. The SMILES string of the molecule is O=C(NCCCn1ccnc1)c1cc2c(c(-c3cc4ccccc4s3)c1)CN=C2. The van der Waals surface area contributed by atoms with Gasteiger partial charge in [-0.2, -0.15) is 0 Å². The second-order valence-corrected chi connectivity index (χ2v) is 8.20. The van der Waals surface area contributed by atoms with Gasteiger partial charge in [0.1, 0.15) is 0 Å². The monoisotopic (exact) mass is 400 g/mol. The highest BCUT2D eigenvalue weighted by molar-refractivity contribution is 7.22. The molecule has 1 aliphatic heterocycles. The zero-order chi connectivity index (χ0) is 19.6. The number of aryl methyl sites for hydroxylation is 1. The summed E-state index contributed by atoms with van der Waals surface area (Å²) in [5.41, 5.74) is 4.05. The van der Waals surface area contributed by atoms with Crippen molar-refractivity contribution < 1.29 is 4.79 Å². The van der Waals surface area contributed by atoms with Gasteiger partial charge in [-0.1, -0.05) is 18.2 Å². The number of imidazole rings is 1. The molecule has 0 saturated heterocycles. The van der Waals surface area contributed by atoms with Crippen LogP contribution in [0.2, 0.25) is 0 Å². The van der Waals surface area contributed by atoms with Gasteiger partial charge in [-0.15, -0.1) is 11.3 Å². The maximum absolute atomic E-state index is 12.8. The normalized spacial score (nSPS) is 12.4. The number of aromatic nitrogens is 2. The molecule has 0 radical (unpaired) electrons. The van der Waals surface area contributed by atoms with Crippen LogP contribution in [0.3, 0.4) is 0 Å². The van der Waals surface area contributed by atoms with Crippen LogP contribution in [0.15, 0.2) is 66.2 Å². The molecule has 2 aromatic carbocycles. The van der Waals surface area contributed by atoms with Crippen molar-refractivity contribution in [2.24, 2.45) is 4.99 Å². The Kier molecular flexibility index (Phi) is 4.69. The van der Waals surface area contributed by atoms with Crippen molar-refractivity contribution in [1.82, 2.24) is 14.9 Å². The van der Waals surface area contributed by atoms with Crippen molar-refractivity contribution in [3.05, 3.63) is 77.9 Å². The van der Waals surface area contributed by atoms with Crippen LogP contribution in [0, 0.1) is 0 Å². The van der Waals surface area contributed by atoms with Crippen LogP contribution in [-0.4, -0.2) is 28.2 Å². The first kappa shape index (κ1) is 17.8. The van der Waals surface area contributed by atoms with Crippen molar-refractivity contribution in [2.75, 3.05) is 6.54 Å². The van der Waals surface area contributed by atoms with E-state index in [4.69, 9.17) is 0 Å². The van der Waals surface area contributed by atoms with Gasteiger partial charge in [-0.25, -0.2) is 4.98 Å². The average Bonchev–Trinajstić information content (AvgIpc) is 3.50. The summed E-state index contributed by atoms with van der Waals surface area (Å²) >= 11 is 1.76. The minimum Gasteiger partial charge on any atom is -0.352 e. The number of hydrogen-bond acceptors (Lipinski definition) is 4. The Morgan fingerprint density at radius 2 is 2.14 bits per heavy atom. The van der Waals surface area contributed by atoms with Crippen LogP contribution in [0.4, 0.5) is 0 Å². The molecular formula is C23H20N4OS. The van der Waals surface area contributed by atoms with E-state index in [9.17, 15) is 4.79 Å². The molecule has 1 aliphatic rings. The molecule has 0 spiro atoms. The summed E-state index contributed by atoms with van der Waals surface area (Å²) in [6, 6.07) is 14.6. The highest BCUT2D eigenvalue weighted by Crippen LogP contribution is 2.38. The summed E-state index contributed by atoms with van der Waals surface area (Å²) in [5, 5.41) is 4.28. The molecule has 144 valence electrons. The molecule has 5 rings (SSSR count). The molecule has 0 atom stereocenters. The fraction of sp³-hybridized carbons (Fsp3) is 0.174. The number of amides is 1.